The maximum Gasteiger partial charge on any atom is 0.241 e. The van der Waals surface area contributed by atoms with Crippen LogP contribution < -0.4 is 10.2 Å². The smallest absolute Gasteiger partial charge is 0.241 e. The van der Waals surface area contributed by atoms with E-state index in [1.54, 1.807) is 24.3 Å². The first-order valence-corrected chi connectivity index (χ1v) is 6.84. The van der Waals surface area contributed by atoms with E-state index in [1.807, 2.05) is 0 Å². The molecule has 4 nitrogen and oxygen atoms in total. The molecule has 1 unspecified atom stereocenters. The van der Waals surface area contributed by atoms with E-state index in [0.29, 0.717) is 23.7 Å². The molecule has 2 aliphatic rings. The third kappa shape index (κ3) is 2.05. The summed E-state index contributed by atoms with van der Waals surface area (Å²) in [6.45, 7) is 1.52. The Morgan fingerprint density at radius 3 is 2.58 bits per heavy atom. The average molecular weight is 279 g/mol. The van der Waals surface area contributed by atoms with E-state index < -0.39 is 5.41 Å². The fraction of sp³-hybridized carbons (Fsp3) is 0.429. The Kier molecular flexibility index (Phi) is 3.07. The zero-order valence-corrected chi connectivity index (χ0v) is 11.2. The Labute approximate surface area is 116 Å². The van der Waals surface area contributed by atoms with Gasteiger partial charge in [-0.05, 0) is 43.7 Å². The van der Waals surface area contributed by atoms with E-state index in [-0.39, 0.29) is 11.8 Å². The molecule has 3 rings (SSSR count). The van der Waals surface area contributed by atoms with Gasteiger partial charge in [0.25, 0.3) is 0 Å². The molecule has 0 bridgehead atoms. The largest absolute Gasteiger partial charge is 0.316 e. The number of imide groups is 1. The summed E-state index contributed by atoms with van der Waals surface area (Å²) in [5, 5.41) is 3.82. The summed E-state index contributed by atoms with van der Waals surface area (Å²) < 4.78 is 0. The van der Waals surface area contributed by atoms with E-state index in [1.165, 1.54) is 4.90 Å². The molecule has 2 saturated heterocycles. The highest BCUT2D eigenvalue weighted by atomic mass is 35.5. The molecule has 1 aromatic rings. The number of hydrogen-bond donors (Lipinski definition) is 1. The van der Waals surface area contributed by atoms with Crippen molar-refractivity contribution in [1.82, 2.24) is 5.32 Å². The summed E-state index contributed by atoms with van der Waals surface area (Å²) in [5.74, 6) is -0.192. The predicted octanol–water partition coefficient (Wildman–Crippen LogP) is 1.97. The summed E-state index contributed by atoms with van der Waals surface area (Å²) in [7, 11) is 0. The lowest BCUT2D eigenvalue weighted by Gasteiger charge is -2.31. The average Bonchev–Trinajstić information content (AvgIpc) is 2.64. The quantitative estimate of drug-likeness (QED) is 0.799. The minimum absolute atomic E-state index is 0.0768. The second kappa shape index (κ2) is 4.62. The van der Waals surface area contributed by atoms with Crippen LogP contribution in [-0.2, 0) is 9.59 Å². The van der Waals surface area contributed by atoms with E-state index in [2.05, 4.69) is 5.32 Å². The normalized spacial score (nSPS) is 27.3. The molecular weight excluding hydrogens is 264 g/mol. The lowest BCUT2D eigenvalue weighted by Crippen LogP contribution is -2.45. The number of halogens is 1. The van der Waals surface area contributed by atoms with Crippen LogP contribution >= 0.6 is 11.6 Å². The summed E-state index contributed by atoms with van der Waals surface area (Å²) in [6, 6.07) is 6.82. The SMILES string of the molecule is O=C1CC2(CCCNC2)C(=O)N1c1ccc(Cl)cc1. The highest BCUT2D eigenvalue weighted by molar-refractivity contribution is 6.30. The molecule has 1 spiro atoms. The van der Waals surface area contributed by atoms with Crippen LogP contribution in [0.1, 0.15) is 19.3 Å². The van der Waals surface area contributed by atoms with Crippen LogP contribution in [0.3, 0.4) is 0 Å². The summed E-state index contributed by atoms with van der Waals surface area (Å²) in [4.78, 5) is 26.1. The Morgan fingerprint density at radius 2 is 1.95 bits per heavy atom. The van der Waals surface area contributed by atoms with Gasteiger partial charge in [0.15, 0.2) is 0 Å². The van der Waals surface area contributed by atoms with Gasteiger partial charge in [-0.1, -0.05) is 11.6 Å². The highest BCUT2D eigenvalue weighted by Gasteiger charge is 2.52. The molecule has 2 amide bonds. The predicted molar refractivity (Wildman–Crippen MR) is 73.1 cm³/mol. The van der Waals surface area contributed by atoms with Crippen molar-refractivity contribution < 1.29 is 9.59 Å². The van der Waals surface area contributed by atoms with Crippen LogP contribution in [0, 0.1) is 5.41 Å². The second-order valence-electron chi connectivity index (χ2n) is 5.25. The molecule has 5 heteroatoms. The zero-order valence-electron chi connectivity index (χ0n) is 10.5. The number of carbonyl (C=O) groups excluding carboxylic acids is 2. The molecule has 19 heavy (non-hydrogen) atoms. The van der Waals surface area contributed by atoms with Crippen molar-refractivity contribution in [2.24, 2.45) is 5.41 Å². The number of nitrogens with one attached hydrogen (secondary N) is 1. The molecular formula is C14H15ClN2O2. The summed E-state index contributed by atoms with van der Waals surface area (Å²) >= 11 is 5.83. The number of amides is 2. The Balaban J connectivity index is 1.92. The molecule has 1 atom stereocenters. The van der Waals surface area contributed by atoms with Crippen molar-refractivity contribution in [1.29, 1.82) is 0 Å². The van der Waals surface area contributed by atoms with E-state index >= 15 is 0 Å². The van der Waals surface area contributed by atoms with Gasteiger partial charge in [-0.15, -0.1) is 0 Å². The Morgan fingerprint density at radius 1 is 1.21 bits per heavy atom. The van der Waals surface area contributed by atoms with Gasteiger partial charge >= 0.3 is 0 Å². The molecule has 0 radical (unpaired) electrons. The van der Waals surface area contributed by atoms with Gasteiger partial charge < -0.3 is 5.32 Å². The van der Waals surface area contributed by atoms with Crippen LogP contribution in [0.15, 0.2) is 24.3 Å². The van der Waals surface area contributed by atoms with Crippen LogP contribution in [-0.4, -0.2) is 24.9 Å². The summed E-state index contributed by atoms with van der Waals surface area (Å²) in [6.07, 6.45) is 2.03. The number of rotatable bonds is 1. The van der Waals surface area contributed by atoms with E-state index in [0.717, 1.165) is 19.4 Å². The maximum absolute atomic E-state index is 12.6. The first-order chi connectivity index (χ1) is 9.12. The first kappa shape index (κ1) is 12.6. The fourth-order valence-electron chi connectivity index (χ4n) is 2.95. The minimum atomic E-state index is -0.533. The van der Waals surface area contributed by atoms with Gasteiger partial charge in [0.05, 0.1) is 11.1 Å². The van der Waals surface area contributed by atoms with Crippen LogP contribution in [0.4, 0.5) is 5.69 Å². The third-order valence-electron chi connectivity index (χ3n) is 3.95. The third-order valence-corrected chi connectivity index (χ3v) is 4.20. The molecule has 1 aromatic carbocycles. The first-order valence-electron chi connectivity index (χ1n) is 6.46. The number of hydrogen-bond acceptors (Lipinski definition) is 3. The van der Waals surface area contributed by atoms with Gasteiger partial charge in [-0.2, -0.15) is 0 Å². The lowest BCUT2D eigenvalue weighted by atomic mass is 9.79. The lowest BCUT2D eigenvalue weighted by molar-refractivity contribution is -0.126. The van der Waals surface area contributed by atoms with Gasteiger partial charge in [-0.3, -0.25) is 14.5 Å². The number of anilines is 1. The molecule has 0 aromatic heterocycles. The minimum Gasteiger partial charge on any atom is -0.316 e. The number of carbonyl (C=O) groups is 2. The van der Waals surface area contributed by atoms with E-state index in [4.69, 9.17) is 11.6 Å². The van der Waals surface area contributed by atoms with Crippen molar-refractivity contribution in [3.63, 3.8) is 0 Å². The Hall–Kier alpha value is -1.39. The fourth-order valence-corrected chi connectivity index (χ4v) is 3.07. The topological polar surface area (TPSA) is 49.4 Å². The second-order valence-corrected chi connectivity index (χ2v) is 5.68. The number of piperidine rings is 1. The number of nitrogens with zero attached hydrogens (tertiary/aromatic N) is 1. The van der Waals surface area contributed by atoms with Crippen LogP contribution in [0.5, 0.6) is 0 Å². The molecule has 0 aliphatic carbocycles. The highest BCUT2D eigenvalue weighted by Crippen LogP contribution is 2.40. The van der Waals surface area contributed by atoms with Crippen LogP contribution in [0.25, 0.3) is 0 Å². The van der Waals surface area contributed by atoms with Crippen molar-refractivity contribution in [3.8, 4) is 0 Å². The molecule has 2 fully saturated rings. The zero-order chi connectivity index (χ0) is 13.5. The Bertz CT molecular complexity index is 521. The molecule has 2 aliphatic heterocycles. The molecule has 0 saturated carbocycles. The van der Waals surface area contributed by atoms with Crippen molar-refractivity contribution in [3.05, 3.63) is 29.3 Å². The molecule has 1 N–H and O–H groups in total. The van der Waals surface area contributed by atoms with Crippen molar-refractivity contribution in [2.75, 3.05) is 18.0 Å². The maximum atomic E-state index is 12.6. The van der Waals surface area contributed by atoms with Gasteiger partial charge in [0, 0.05) is 18.0 Å². The van der Waals surface area contributed by atoms with Crippen LogP contribution in [0.2, 0.25) is 5.02 Å². The van der Waals surface area contributed by atoms with Gasteiger partial charge in [0.2, 0.25) is 11.8 Å². The number of benzene rings is 1. The standard InChI is InChI=1S/C14H15ClN2O2/c15-10-2-4-11(5-3-10)17-12(18)8-14(13(17)19)6-1-7-16-9-14/h2-5,16H,1,6-9H2. The molecule has 2 heterocycles. The van der Waals surface area contributed by atoms with Crippen molar-refractivity contribution in [2.45, 2.75) is 19.3 Å². The van der Waals surface area contributed by atoms with Gasteiger partial charge in [0.1, 0.15) is 0 Å². The van der Waals surface area contributed by atoms with E-state index in [9.17, 15) is 9.59 Å². The van der Waals surface area contributed by atoms with Gasteiger partial charge in [-0.25, -0.2) is 0 Å². The molecule has 100 valence electrons. The summed E-state index contributed by atoms with van der Waals surface area (Å²) in [5.41, 5.74) is 0.0801. The van der Waals surface area contributed by atoms with Crippen molar-refractivity contribution >= 4 is 29.1 Å². The monoisotopic (exact) mass is 278 g/mol.